The summed E-state index contributed by atoms with van der Waals surface area (Å²) in [5, 5.41) is 9.88. The van der Waals surface area contributed by atoms with Crippen molar-refractivity contribution >= 4 is 74.9 Å². The van der Waals surface area contributed by atoms with E-state index < -0.39 is 0 Å². The van der Waals surface area contributed by atoms with Gasteiger partial charge in [0.2, 0.25) is 0 Å². The number of thiophene rings is 1. The molecule has 5 heteroatoms. The van der Waals surface area contributed by atoms with Crippen molar-refractivity contribution in [3.63, 3.8) is 0 Å². The molecule has 0 radical (unpaired) electrons. The summed E-state index contributed by atoms with van der Waals surface area (Å²) < 4.78 is 5.08. The fourth-order valence-electron chi connectivity index (χ4n) is 10.8. The average Bonchev–Trinajstić information content (AvgIpc) is 3.89. The molecule has 0 spiro atoms. The van der Waals surface area contributed by atoms with Crippen LogP contribution in [0.5, 0.6) is 0 Å². The highest BCUT2D eigenvalue weighted by Gasteiger charge is 2.38. The maximum Gasteiger partial charge on any atom is 0.164 e. The first kappa shape index (κ1) is 38.9. The van der Waals surface area contributed by atoms with Gasteiger partial charge in [0.05, 0.1) is 11.0 Å². The molecule has 0 aliphatic heterocycles. The summed E-state index contributed by atoms with van der Waals surface area (Å²) in [4.78, 5) is 15.9. The van der Waals surface area contributed by atoms with Crippen molar-refractivity contribution in [2.45, 2.75) is 51.4 Å². The number of hydrogen-bond acceptors (Lipinski definition) is 4. The molecule has 9 aromatic carbocycles. The van der Waals surface area contributed by atoms with Crippen LogP contribution in [0, 0.1) is 0 Å². The minimum atomic E-state index is 0.0658. The van der Waals surface area contributed by atoms with Gasteiger partial charge in [0.15, 0.2) is 17.5 Å². The molecule has 0 atom stereocenters. The van der Waals surface area contributed by atoms with Crippen LogP contribution in [0.25, 0.3) is 115 Å². The lowest BCUT2D eigenvalue weighted by Crippen LogP contribution is -2.33. The van der Waals surface area contributed by atoms with Gasteiger partial charge in [0.1, 0.15) is 0 Å². The summed E-state index contributed by atoms with van der Waals surface area (Å²) in [6, 6.07) is 66.2. The molecular formula is C61H46N4S. The van der Waals surface area contributed by atoms with Crippen LogP contribution < -0.4 is 0 Å². The first-order valence-corrected chi connectivity index (χ1v) is 23.9. The monoisotopic (exact) mass is 866 g/mol. The van der Waals surface area contributed by atoms with Crippen LogP contribution in [0.1, 0.15) is 51.7 Å². The fourth-order valence-corrected chi connectivity index (χ4v) is 12.0. The van der Waals surface area contributed by atoms with Crippen molar-refractivity contribution in [3.8, 4) is 51.0 Å². The van der Waals surface area contributed by atoms with E-state index in [2.05, 4.69) is 214 Å². The summed E-state index contributed by atoms with van der Waals surface area (Å²) in [6.07, 6.45) is 2.33. The fraction of sp³-hybridized carbons (Fsp3) is 0.131. The number of rotatable bonds is 5. The van der Waals surface area contributed by atoms with Crippen molar-refractivity contribution in [1.82, 2.24) is 19.5 Å². The summed E-state index contributed by atoms with van der Waals surface area (Å²) in [5.41, 5.74) is 11.8. The molecule has 13 rings (SSSR count). The highest BCUT2D eigenvalue weighted by Crippen LogP contribution is 2.49. The van der Waals surface area contributed by atoms with Crippen molar-refractivity contribution < 1.29 is 0 Å². The van der Waals surface area contributed by atoms with E-state index in [-0.39, 0.29) is 10.8 Å². The van der Waals surface area contributed by atoms with E-state index in [1.165, 1.54) is 81.4 Å². The van der Waals surface area contributed by atoms with Crippen molar-refractivity contribution in [1.29, 1.82) is 0 Å². The molecule has 0 saturated carbocycles. The first-order valence-electron chi connectivity index (χ1n) is 23.1. The molecule has 1 aliphatic rings. The highest BCUT2D eigenvalue weighted by atomic mass is 32.1. The van der Waals surface area contributed by atoms with Crippen LogP contribution >= 0.6 is 11.3 Å². The van der Waals surface area contributed by atoms with E-state index in [0.29, 0.717) is 17.5 Å². The SMILES string of the molecule is CC1(C)CCC(C)(C)c2cc3c(cc21)c1cc2ccccc2cc1n3-c1cccc(-c2nc(-c3ccc(-c4cccc5c4sc4ccccc45)cc3)nc(-c3cccc4ccccc34)n2)c1. The summed E-state index contributed by atoms with van der Waals surface area (Å²) in [5.74, 6) is 1.92. The molecule has 66 heavy (non-hydrogen) atoms. The standard InChI is InChI=1S/C61H46N4S/c1-60(2)30-31-61(3,4)52-36-54-50(35-51(52)60)49-33-40-15-5-6-16-41(40)34-53(49)65(54)43-19-11-18-42(32-43)58-62-57(63-59(64-58)48-24-12-17-37-14-7-8-20-44(37)48)39-28-26-38(27-29-39)45-22-13-23-47-46-21-9-10-25-55(46)66-56(45)47/h5-29,32-36H,30-31H2,1-4H3. The van der Waals surface area contributed by atoms with Gasteiger partial charge in [-0.25, -0.2) is 15.0 Å². The van der Waals surface area contributed by atoms with Gasteiger partial charge in [-0.1, -0.05) is 167 Å². The van der Waals surface area contributed by atoms with Gasteiger partial charge in [-0.3, -0.25) is 0 Å². The van der Waals surface area contributed by atoms with E-state index in [1.54, 1.807) is 0 Å². The smallest absolute Gasteiger partial charge is 0.164 e. The Balaban J connectivity index is 0.997. The van der Waals surface area contributed by atoms with Gasteiger partial charge in [-0.05, 0) is 110 Å². The third-order valence-corrected chi connectivity index (χ3v) is 15.7. The van der Waals surface area contributed by atoms with E-state index in [1.807, 2.05) is 11.3 Å². The van der Waals surface area contributed by atoms with Gasteiger partial charge in [-0.2, -0.15) is 0 Å². The Morgan fingerprint density at radius 1 is 0.409 bits per heavy atom. The minimum Gasteiger partial charge on any atom is -0.309 e. The quantitative estimate of drug-likeness (QED) is 0.173. The predicted molar refractivity (Wildman–Crippen MR) is 279 cm³/mol. The summed E-state index contributed by atoms with van der Waals surface area (Å²) >= 11 is 1.86. The van der Waals surface area contributed by atoms with Crippen LogP contribution in [0.15, 0.2) is 182 Å². The second-order valence-electron chi connectivity index (χ2n) is 19.5. The molecule has 3 heterocycles. The molecule has 0 N–H and O–H groups in total. The second-order valence-corrected chi connectivity index (χ2v) is 20.5. The average molecular weight is 867 g/mol. The molecule has 4 nitrogen and oxygen atoms in total. The van der Waals surface area contributed by atoms with Crippen LogP contribution in [0.3, 0.4) is 0 Å². The van der Waals surface area contributed by atoms with Crippen LogP contribution in [0.4, 0.5) is 0 Å². The molecular weight excluding hydrogens is 821 g/mol. The van der Waals surface area contributed by atoms with E-state index in [9.17, 15) is 0 Å². The summed E-state index contributed by atoms with van der Waals surface area (Å²) in [7, 11) is 0. The van der Waals surface area contributed by atoms with Gasteiger partial charge in [0.25, 0.3) is 0 Å². The first-order chi connectivity index (χ1) is 32.2. The summed E-state index contributed by atoms with van der Waals surface area (Å²) in [6.45, 7) is 9.67. The molecule has 0 saturated heterocycles. The highest BCUT2D eigenvalue weighted by molar-refractivity contribution is 7.26. The molecule has 1 aliphatic carbocycles. The lowest BCUT2D eigenvalue weighted by Gasteiger charge is -2.42. The zero-order valence-corrected chi connectivity index (χ0v) is 38.2. The van der Waals surface area contributed by atoms with Crippen LogP contribution in [0.2, 0.25) is 0 Å². The van der Waals surface area contributed by atoms with E-state index in [0.717, 1.165) is 39.6 Å². The van der Waals surface area contributed by atoms with E-state index >= 15 is 0 Å². The maximum atomic E-state index is 5.32. The predicted octanol–water partition coefficient (Wildman–Crippen LogP) is 16.7. The molecule has 0 unspecified atom stereocenters. The third kappa shape index (κ3) is 6.14. The lowest BCUT2D eigenvalue weighted by atomic mass is 9.63. The largest absolute Gasteiger partial charge is 0.309 e. The van der Waals surface area contributed by atoms with E-state index in [4.69, 9.17) is 15.0 Å². The zero-order valence-electron chi connectivity index (χ0n) is 37.4. The van der Waals surface area contributed by atoms with Crippen molar-refractivity contribution in [2.24, 2.45) is 0 Å². The maximum absolute atomic E-state index is 5.32. The molecule has 0 fully saturated rings. The Kier molecular flexibility index (Phi) is 8.57. The molecule has 12 aromatic rings. The van der Waals surface area contributed by atoms with Gasteiger partial charge < -0.3 is 4.57 Å². The van der Waals surface area contributed by atoms with Crippen molar-refractivity contribution in [2.75, 3.05) is 0 Å². The van der Waals surface area contributed by atoms with Gasteiger partial charge in [-0.15, -0.1) is 11.3 Å². The Labute approximate surface area is 387 Å². The van der Waals surface area contributed by atoms with Gasteiger partial charge >= 0.3 is 0 Å². The Morgan fingerprint density at radius 2 is 0.970 bits per heavy atom. The Morgan fingerprint density at radius 3 is 1.77 bits per heavy atom. The number of fused-ring (bicyclic) bond motifs is 9. The molecule has 0 amide bonds. The lowest BCUT2D eigenvalue weighted by molar-refractivity contribution is 0.332. The van der Waals surface area contributed by atoms with Crippen molar-refractivity contribution in [3.05, 3.63) is 193 Å². The number of hydrogen-bond donors (Lipinski definition) is 0. The molecule has 0 bridgehead atoms. The topological polar surface area (TPSA) is 43.6 Å². The Hall–Kier alpha value is -7.47. The third-order valence-electron chi connectivity index (χ3n) is 14.5. The number of aromatic nitrogens is 4. The number of nitrogens with zero attached hydrogens (tertiary/aromatic N) is 4. The van der Waals surface area contributed by atoms with Gasteiger partial charge in [0, 0.05) is 53.3 Å². The second kappa shape index (κ2) is 14.5. The minimum absolute atomic E-state index is 0.0658. The zero-order chi connectivity index (χ0) is 44.3. The normalized spacial score (nSPS) is 14.5. The van der Waals surface area contributed by atoms with Crippen LogP contribution in [-0.4, -0.2) is 19.5 Å². The molecule has 3 aromatic heterocycles. The molecule has 316 valence electrons. The van der Waals surface area contributed by atoms with Crippen LogP contribution in [-0.2, 0) is 10.8 Å². The number of benzene rings is 9. The Bertz CT molecular complexity index is 3940.